The van der Waals surface area contributed by atoms with E-state index < -0.39 is 31.2 Å². The van der Waals surface area contributed by atoms with Gasteiger partial charge in [-0.2, -0.15) is 13.2 Å². The molecular formula is C13H14F3NO2S. The number of amides is 1. The highest BCUT2D eigenvalue weighted by molar-refractivity contribution is 7.99. The Bertz CT molecular complexity index is 493. The summed E-state index contributed by atoms with van der Waals surface area (Å²) in [4.78, 5) is 13.9. The second-order valence-corrected chi connectivity index (χ2v) is 5.56. The van der Waals surface area contributed by atoms with Gasteiger partial charge in [0, 0.05) is 17.2 Å². The molecule has 0 bridgehead atoms. The molecule has 1 heterocycles. The number of hydrogen-bond donors (Lipinski definition) is 1. The number of carbonyl (C=O) groups excluding carboxylic acids is 1. The summed E-state index contributed by atoms with van der Waals surface area (Å²) in [5.74, 6) is -0.697. The van der Waals surface area contributed by atoms with E-state index in [9.17, 15) is 18.0 Å². The van der Waals surface area contributed by atoms with Gasteiger partial charge in [0.1, 0.15) is 6.54 Å². The third kappa shape index (κ3) is 3.46. The molecule has 0 saturated carbocycles. The quantitative estimate of drug-likeness (QED) is 0.927. The Hall–Kier alpha value is -1.21. The van der Waals surface area contributed by atoms with Crippen LogP contribution in [0.1, 0.15) is 11.5 Å². The van der Waals surface area contributed by atoms with Crippen LogP contribution in [0.2, 0.25) is 0 Å². The van der Waals surface area contributed by atoms with Gasteiger partial charge in [0.05, 0.1) is 12.5 Å². The van der Waals surface area contributed by atoms with E-state index in [0.29, 0.717) is 10.7 Å². The van der Waals surface area contributed by atoms with Gasteiger partial charge in [-0.3, -0.25) is 4.79 Å². The molecule has 1 N–H and O–H groups in total. The molecule has 3 nitrogen and oxygen atoms in total. The molecule has 1 aliphatic heterocycles. The van der Waals surface area contributed by atoms with Gasteiger partial charge in [-0.05, 0) is 11.6 Å². The Morgan fingerprint density at radius 1 is 1.40 bits per heavy atom. The number of hydrogen-bond acceptors (Lipinski definition) is 3. The summed E-state index contributed by atoms with van der Waals surface area (Å²) in [6.07, 6.45) is -4.46. The molecule has 0 aliphatic carbocycles. The van der Waals surface area contributed by atoms with E-state index in [2.05, 4.69) is 0 Å². The minimum atomic E-state index is -4.46. The summed E-state index contributed by atoms with van der Waals surface area (Å²) in [5.41, 5.74) is 0.771. The number of nitrogens with zero attached hydrogens (tertiary/aromatic N) is 1. The van der Waals surface area contributed by atoms with Crippen LogP contribution in [0.5, 0.6) is 0 Å². The molecule has 7 heteroatoms. The van der Waals surface area contributed by atoms with Crippen molar-refractivity contribution in [1.82, 2.24) is 4.90 Å². The largest absolute Gasteiger partial charge is 0.406 e. The molecule has 1 aliphatic rings. The maximum absolute atomic E-state index is 12.5. The van der Waals surface area contributed by atoms with Crippen LogP contribution in [0.25, 0.3) is 0 Å². The molecule has 0 aromatic heterocycles. The first-order valence-electron chi connectivity index (χ1n) is 6.10. The van der Waals surface area contributed by atoms with Crippen molar-refractivity contribution < 1.29 is 23.1 Å². The maximum Gasteiger partial charge on any atom is 0.406 e. The standard InChI is InChI=1S/C13H14F3NO2S/c14-13(15,16)8-17(5-6-18)12(19)10-7-20-11-4-2-1-3-9(10)11/h1-4,10,18H,5-8H2. The number of thioether (sulfide) groups is 1. The van der Waals surface area contributed by atoms with E-state index in [1.807, 2.05) is 12.1 Å². The maximum atomic E-state index is 12.5. The fourth-order valence-electron chi connectivity index (χ4n) is 2.19. The molecule has 2 rings (SSSR count). The SMILES string of the molecule is O=C(C1CSc2ccccc21)N(CCO)CC(F)(F)F. The average Bonchev–Trinajstić information content (AvgIpc) is 2.79. The molecule has 0 saturated heterocycles. The number of aliphatic hydroxyl groups excluding tert-OH is 1. The van der Waals surface area contributed by atoms with Gasteiger partial charge >= 0.3 is 6.18 Å². The lowest BCUT2D eigenvalue weighted by Crippen LogP contribution is -2.43. The highest BCUT2D eigenvalue weighted by atomic mass is 32.2. The zero-order valence-corrected chi connectivity index (χ0v) is 11.4. The minimum Gasteiger partial charge on any atom is -0.395 e. The van der Waals surface area contributed by atoms with E-state index >= 15 is 0 Å². The van der Waals surface area contributed by atoms with Gasteiger partial charge in [-0.1, -0.05) is 18.2 Å². The van der Waals surface area contributed by atoms with Gasteiger partial charge < -0.3 is 10.0 Å². The molecule has 20 heavy (non-hydrogen) atoms. The zero-order valence-electron chi connectivity index (χ0n) is 10.6. The van der Waals surface area contributed by atoms with Crippen molar-refractivity contribution in [2.75, 3.05) is 25.4 Å². The number of aliphatic hydroxyl groups is 1. The summed E-state index contributed by atoms with van der Waals surface area (Å²) in [6.45, 7) is -2.11. The number of fused-ring (bicyclic) bond motifs is 1. The van der Waals surface area contributed by atoms with Gasteiger partial charge in [0.15, 0.2) is 0 Å². The summed E-state index contributed by atoms with van der Waals surface area (Å²) < 4.78 is 37.5. The lowest BCUT2D eigenvalue weighted by atomic mass is 10.00. The van der Waals surface area contributed by atoms with Crippen molar-refractivity contribution in [2.24, 2.45) is 0 Å². The lowest BCUT2D eigenvalue weighted by Gasteiger charge is -2.26. The Balaban J connectivity index is 2.17. The first-order valence-corrected chi connectivity index (χ1v) is 7.09. The summed E-state index contributed by atoms with van der Waals surface area (Å²) in [5, 5.41) is 8.85. The van der Waals surface area contributed by atoms with Crippen LogP contribution < -0.4 is 0 Å². The van der Waals surface area contributed by atoms with Crippen LogP contribution in [0, 0.1) is 0 Å². The van der Waals surface area contributed by atoms with E-state index in [-0.39, 0.29) is 6.54 Å². The van der Waals surface area contributed by atoms with E-state index in [4.69, 9.17) is 5.11 Å². The fourth-order valence-corrected chi connectivity index (χ4v) is 3.41. The third-order valence-corrected chi connectivity index (χ3v) is 4.23. The summed E-state index contributed by atoms with van der Waals surface area (Å²) in [6, 6.07) is 7.22. The van der Waals surface area contributed by atoms with Crippen molar-refractivity contribution in [3.05, 3.63) is 29.8 Å². The highest BCUT2D eigenvalue weighted by Gasteiger charge is 2.37. The predicted octanol–water partition coefficient (Wildman–Crippen LogP) is 2.26. The molecule has 0 fully saturated rings. The van der Waals surface area contributed by atoms with Gasteiger partial charge in [-0.25, -0.2) is 0 Å². The molecule has 110 valence electrons. The van der Waals surface area contributed by atoms with Crippen LogP contribution in [0.15, 0.2) is 29.2 Å². The van der Waals surface area contributed by atoms with Crippen LogP contribution >= 0.6 is 11.8 Å². The van der Waals surface area contributed by atoms with E-state index in [0.717, 1.165) is 10.5 Å². The second kappa shape index (κ2) is 6.05. The zero-order chi connectivity index (χ0) is 14.8. The topological polar surface area (TPSA) is 40.5 Å². The fraction of sp³-hybridized carbons (Fsp3) is 0.462. The molecule has 1 unspecified atom stereocenters. The molecular weight excluding hydrogens is 291 g/mol. The molecule has 0 spiro atoms. The van der Waals surface area contributed by atoms with E-state index in [1.54, 1.807) is 12.1 Å². The second-order valence-electron chi connectivity index (χ2n) is 4.50. The highest BCUT2D eigenvalue weighted by Crippen LogP contribution is 2.40. The third-order valence-electron chi connectivity index (χ3n) is 3.05. The molecule has 1 atom stereocenters. The van der Waals surface area contributed by atoms with Gasteiger partial charge in [0.2, 0.25) is 5.91 Å². The Morgan fingerprint density at radius 2 is 2.10 bits per heavy atom. The van der Waals surface area contributed by atoms with Crippen molar-refractivity contribution in [3.8, 4) is 0 Å². The normalized spacial score (nSPS) is 17.9. The number of carbonyl (C=O) groups is 1. The minimum absolute atomic E-state index is 0.304. The predicted molar refractivity (Wildman–Crippen MR) is 69.6 cm³/mol. The van der Waals surface area contributed by atoms with Crippen LogP contribution in [0.3, 0.4) is 0 Å². The number of rotatable bonds is 4. The van der Waals surface area contributed by atoms with Crippen molar-refractivity contribution in [2.45, 2.75) is 17.0 Å². The molecule has 1 aromatic carbocycles. The van der Waals surface area contributed by atoms with Crippen LogP contribution in [-0.2, 0) is 4.79 Å². The first-order chi connectivity index (χ1) is 9.42. The molecule has 1 aromatic rings. The van der Waals surface area contributed by atoms with Crippen molar-refractivity contribution >= 4 is 17.7 Å². The average molecular weight is 305 g/mol. The summed E-state index contributed by atoms with van der Waals surface area (Å²) in [7, 11) is 0. The van der Waals surface area contributed by atoms with Crippen LogP contribution in [0.4, 0.5) is 13.2 Å². The number of halogens is 3. The monoisotopic (exact) mass is 305 g/mol. The molecule has 1 amide bonds. The lowest BCUT2D eigenvalue weighted by molar-refractivity contribution is -0.162. The Morgan fingerprint density at radius 3 is 2.75 bits per heavy atom. The smallest absolute Gasteiger partial charge is 0.395 e. The van der Waals surface area contributed by atoms with Crippen molar-refractivity contribution in [3.63, 3.8) is 0 Å². The first kappa shape index (κ1) is 15.2. The number of alkyl halides is 3. The molecule has 0 radical (unpaired) electrons. The van der Waals surface area contributed by atoms with Crippen LogP contribution in [-0.4, -0.2) is 47.5 Å². The van der Waals surface area contributed by atoms with Gasteiger partial charge in [0.25, 0.3) is 0 Å². The summed E-state index contributed by atoms with van der Waals surface area (Å²) >= 11 is 1.47. The van der Waals surface area contributed by atoms with Crippen molar-refractivity contribution in [1.29, 1.82) is 0 Å². The Labute approximate surface area is 118 Å². The van der Waals surface area contributed by atoms with E-state index in [1.165, 1.54) is 11.8 Å². The Kier molecular flexibility index (Phi) is 4.59. The number of benzene rings is 1. The van der Waals surface area contributed by atoms with Gasteiger partial charge in [-0.15, -0.1) is 11.8 Å².